The molecule has 0 saturated heterocycles. The van der Waals surface area contributed by atoms with Crippen molar-refractivity contribution >= 4 is 0 Å². The smallest absolute Gasteiger partial charge is 0.161 e. The van der Waals surface area contributed by atoms with Crippen molar-refractivity contribution in [2.75, 3.05) is 7.11 Å². The summed E-state index contributed by atoms with van der Waals surface area (Å²) < 4.78 is 10.8. The Kier molecular flexibility index (Phi) is 4.78. The summed E-state index contributed by atoms with van der Waals surface area (Å²) in [6, 6.07) is 5.24. The molecule has 0 amide bonds. The van der Waals surface area contributed by atoms with E-state index in [1.807, 2.05) is 0 Å². The minimum atomic E-state index is -0.559. The van der Waals surface area contributed by atoms with Gasteiger partial charge in [0.2, 0.25) is 0 Å². The highest BCUT2D eigenvalue weighted by Crippen LogP contribution is 2.31. The molecule has 0 saturated carbocycles. The molecule has 0 fully saturated rings. The van der Waals surface area contributed by atoms with E-state index < -0.39 is 12.2 Å². The van der Waals surface area contributed by atoms with Crippen LogP contribution in [0.4, 0.5) is 0 Å². The summed E-state index contributed by atoms with van der Waals surface area (Å²) >= 11 is 0. The first-order valence-corrected chi connectivity index (χ1v) is 5.66. The lowest BCUT2D eigenvalue weighted by molar-refractivity contribution is 0.0586. The van der Waals surface area contributed by atoms with Crippen molar-refractivity contribution in [3.63, 3.8) is 0 Å². The summed E-state index contributed by atoms with van der Waals surface area (Å²) in [5, 5.41) is 18.9. The molecule has 96 valence electrons. The molecule has 4 nitrogen and oxygen atoms in total. The number of aliphatic hydroxyl groups is 2. The maximum absolute atomic E-state index is 9.47. The number of ether oxygens (including phenoxy) is 2. The van der Waals surface area contributed by atoms with Crippen LogP contribution in [0.1, 0.15) is 32.4 Å². The Balaban J connectivity index is 2.93. The van der Waals surface area contributed by atoms with Crippen LogP contribution in [-0.2, 0) is 0 Å². The van der Waals surface area contributed by atoms with Gasteiger partial charge in [-0.3, -0.25) is 0 Å². The fraction of sp³-hybridized carbons (Fsp3) is 0.538. The molecule has 0 aliphatic rings. The van der Waals surface area contributed by atoms with E-state index >= 15 is 0 Å². The molecule has 0 heterocycles. The predicted molar refractivity (Wildman–Crippen MR) is 65.4 cm³/mol. The first-order valence-electron chi connectivity index (χ1n) is 5.66. The molecule has 3 atom stereocenters. The van der Waals surface area contributed by atoms with E-state index in [1.165, 1.54) is 0 Å². The normalized spacial score (nSPS) is 16.1. The first kappa shape index (κ1) is 13.8. The van der Waals surface area contributed by atoms with Gasteiger partial charge in [0.1, 0.15) is 6.10 Å². The Morgan fingerprint density at radius 1 is 1.06 bits per heavy atom. The number of methoxy groups -OCH3 is 1. The molecular formula is C13H20O4. The maximum Gasteiger partial charge on any atom is 0.161 e. The molecule has 1 rings (SSSR count). The van der Waals surface area contributed by atoms with E-state index in [1.54, 1.807) is 46.1 Å². The summed E-state index contributed by atoms with van der Waals surface area (Å²) in [4.78, 5) is 0. The highest BCUT2D eigenvalue weighted by molar-refractivity contribution is 5.43. The maximum atomic E-state index is 9.47. The number of aliphatic hydroxyl groups excluding tert-OH is 2. The van der Waals surface area contributed by atoms with Crippen LogP contribution in [0.2, 0.25) is 0 Å². The third kappa shape index (κ3) is 3.61. The minimum absolute atomic E-state index is 0.318. The summed E-state index contributed by atoms with van der Waals surface area (Å²) in [6.45, 7) is 5.14. The molecule has 0 spiro atoms. The zero-order chi connectivity index (χ0) is 13.0. The number of hydrogen-bond donors (Lipinski definition) is 2. The van der Waals surface area contributed by atoms with Crippen molar-refractivity contribution < 1.29 is 19.7 Å². The predicted octanol–water partition coefficient (Wildman–Crippen LogP) is 1.90. The second-order valence-corrected chi connectivity index (χ2v) is 4.15. The quantitative estimate of drug-likeness (QED) is 0.825. The molecule has 4 heteroatoms. The topological polar surface area (TPSA) is 58.9 Å². The first-order chi connectivity index (χ1) is 7.95. The number of benzene rings is 1. The molecule has 2 unspecified atom stereocenters. The monoisotopic (exact) mass is 240 g/mol. The molecule has 0 aliphatic carbocycles. The van der Waals surface area contributed by atoms with E-state index in [4.69, 9.17) is 9.47 Å². The van der Waals surface area contributed by atoms with Crippen molar-refractivity contribution in [1.82, 2.24) is 0 Å². The Labute approximate surface area is 102 Å². The van der Waals surface area contributed by atoms with Gasteiger partial charge in [-0.2, -0.15) is 0 Å². The Hall–Kier alpha value is -1.26. The lowest BCUT2D eigenvalue weighted by Crippen LogP contribution is -2.25. The number of rotatable bonds is 5. The van der Waals surface area contributed by atoms with E-state index in [0.717, 1.165) is 5.56 Å². The molecule has 0 bridgehead atoms. The van der Waals surface area contributed by atoms with Gasteiger partial charge >= 0.3 is 0 Å². The standard InChI is InChI=1S/C13H20O4/c1-8(14)10(3)17-12-6-5-11(9(2)15)7-13(12)16-4/h5-10,14-15H,1-4H3/t8?,9-,10?/m0/s1. The fourth-order valence-corrected chi connectivity index (χ4v) is 1.34. The van der Waals surface area contributed by atoms with Crippen LogP contribution in [-0.4, -0.2) is 29.5 Å². The zero-order valence-corrected chi connectivity index (χ0v) is 10.7. The van der Waals surface area contributed by atoms with Gasteiger partial charge in [-0.25, -0.2) is 0 Å². The lowest BCUT2D eigenvalue weighted by atomic mass is 10.1. The van der Waals surface area contributed by atoms with Crippen LogP contribution in [0.15, 0.2) is 18.2 Å². The minimum Gasteiger partial charge on any atom is -0.493 e. The van der Waals surface area contributed by atoms with Gasteiger partial charge in [-0.1, -0.05) is 6.07 Å². The van der Waals surface area contributed by atoms with E-state index in [2.05, 4.69) is 0 Å². The summed E-state index contributed by atoms with van der Waals surface area (Å²) in [5.41, 5.74) is 0.763. The average Bonchev–Trinajstić information content (AvgIpc) is 2.28. The van der Waals surface area contributed by atoms with E-state index in [-0.39, 0.29) is 6.10 Å². The fourth-order valence-electron chi connectivity index (χ4n) is 1.34. The Bertz CT molecular complexity index is 360. The van der Waals surface area contributed by atoms with Crippen LogP contribution in [0.5, 0.6) is 11.5 Å². The van der Waals surface area contributed by atoms with Gasteiger partial charge in [0.25, 0.3) is 0 Å². The highest BCUT2D eigenvalue weighted by atomic mass is 16.5. The van der Waals surface area contributed by atoms with Gasteiger partial charge < -0.3 is 19.7 Å². The lowest BCUT2D eigenvalue weighted by Gasteiger charge is -2.19. The van der Waals surface area contributed by atoms with Crippen molar-refractivity contribution in [2.24, 2.45) is 0 Å². The van der Waals surface area contributed by atoms with Gasteiger partial charge in [0.15, 0.2) is 11.5 Å². The van der Waals surface area contributed by atoms with Crippen LogP contribution >= 0.6 is 0 Å². The van der Waals surface area contributed by atoms with Crippen molar-refractivity contribution in [2.45, 2.75) is 39.1 Å². The SMILES string of the molecule is COc1cc([C@H](C)O)ccc1OC(C)C(C)O. The molecule has 0 aliphatic heterocycles. The Morgan fingerprint density at radius 3 is 2.18 bits per heavy atom. The largest absolute Gasteiger partial charge is 0.493 e. The van der Waals surface area contributed by atoms with E-state index in [9.17, 15) is 10.2 Å². The van der Waals surface area contributed by atoms with Crippen LogP contribution in [0, 0.1) is 0 Å². The third-order valence-electron chi connectivity index (χ3n) is 2.66. The summed E-state index contributed by atoms with van der Waals surface area (Å²) in [5.74, 6) is 1.11. The van der Waals surface area contributed by atoms with Gasteiger partial charge in [-0.05, 0) is 38.5 Å². The highest BCUT2D eigenvalue weighted by Gasteiger charge is 2.14. The van der Waals surface area contributed by atoms with Gasteiger partial charge in [-0.15, -0.1) is 0 Å². The molecular weight excluding hydrogens is 220 g/mol. The third-order valence-corrected chi connectivity index (χ3v) is 2.66. The second-order valence-electron chi connectivity index (χ2n) is 4.15. The average molecular weight is 240 g/mol. The summed E-state index contributed by atoms with van der Waals surface area (Å²) in [6.07, 6.45) is -1.43. The molecule has 1 aromatic carbocycles. The molecule has 1 aromatic rings. The van der Waals surface area contributed by atoms with Crippen molar-refractivity contribution in [3.05, 3.63) is 23.8 Å². The van der Waals surface area contributed by atoms with Crippen LogP contribution < -0.4 is 9.47 Å². The van der Waals surface area contributed by atoms with Crippen LogP contribution in [0.3, 0.4) is 0 Å². The Morgan fingerprint density at radius 2 is 1.71 bits per heavy atom. The summed E-state index contributed by atoms with van der Waals surface area (Å²) in [7, 11) is 1.54. The van der Waals surface area contributed by atoms with Gasteiger partial charge in [0, 0.05) is 0 Å². The second kappa shape index (κ2) is 5.89. The molecule has 2 N–H and O–H groups in total. The molecule has 17 heavy (non-hydrogen) atoms. The van der Waals surface area contributed by atoms with Crippen LogP contribution in [0.25, 0.3) is 0 Å². The van der Waals surface area contributed by atoms with Crippen molar-refractivity contribution in [3.8, 4) is 11.5 Å². The molecule has 0 radical (unpaired) electrons. The number of hydrogen-bond acceptors (Lipinski definition) is 4. The van der Waals surface area contributed by atoms with Crippen molar-refractivity contribution in [1.29, 1.82) is 0 Å². The van der Waals surface area contributed by atoms with E-state index in [0.29, 0.717) is 11.5 Å². The molecule has 0 aromatic heterocycles. The van der Waals surface area contributed by atoms with Gasteiger partial charge in [0.05, 0.1) is 19.3 Å². The zero-order valence-electron chi connectivity index (χ0n) is 10.7.